The summed E-state index contributed by atoms with van der Waals surface area (Å²) in [7, 11) is 3.07. The largest absolute Gasteiger partial charge is 0.491 e. The molecule has 1 atom stereocenters. The van der Waals surface area contributed by atoms with Crippen LogP contribution in [-0.4, -0.2) is 42.6 Å². The average Bonchev–Trinajstić information content (AvgIpc) is 2.73. The number of nitrogens with zero attached hydrogens (tertiary/aromatic N) is 2. The number of hydrogen-bond acceptors (Lipinski definition) is 5. The number of carbonyl (C=O) groups is 1. The van der Waals surface area contributed by atoms with E-state index in [1.165, 1.54) is 7.11 Å². The molecule has 0 aromatic carbocycles. The first kappa shape index (κ1) is 12.5. The first-order chi connectivity index (χ1) is 7.71. The smallest absolute Gasteiger partial charge is 0.324 e. The van der Waals surface area contributed by atoms with Gasteiger partial charge in [0.2, 0.25) is 0 Å². The van der Waals surface area contributed by atoms with Gasteiger partial charge in [0.25, 0.3) is 0 Å². The normalized spacial score (nSPS) is 12.2. The van der Waals surface area contributed by atoms with Crippen molar-refractivity contribution >= 4 is 5.97 Å². The van der Waals surface area contributed by atoms with E-state index < -0.39 is 6.04 Å². The third-order valence-electron chi connectivity index (χ3n) is 2.12. The topological polar surface area (TPSA) is 65.4 Å². The highest BCUT2D eigenvalue weighted by molar-refractivity contribution is 5.75. The van der Waals surface area contributed by atoms with Crippen LogP contribution >= 0.6 is 0 Å². The second kappa shape index (κ2) is 6.12. The highest BCUT2D eigenvalue weighted by Gasteiger charge is 2.17. The van der Waals surface area contributed by atoms with E-state index in [1.54, 1.807) is 24.1 Å². The van der Waals surface area contributed by atoms with Crippen LogP contribution in [0.25, 0.3) is 0 Å². The molecular formula is C10H17N3O3. The van der Waals surface area contributed by atoms with Gasteiger partial charge in [-0.05, 0) is 14.0 Å². The molecule has 0 aliphatic rings. The summed E-state index contributed by atoms with van der Waals surface area (Å²) < 4.78 is 11.6. The Balaban J connectivity index is 2.59. The average molecular weight is 227 g/mol. The second-order valence-electron chi connectivity index (χ2n) is 3.20. The van der Waals surface area contributed by atoms with Gasteiger partial charge in [-0.2, -0.15) is 5.10 Å². The molecule has 0 fully saturated rings. The lowest BCUT2D eigenvalue weighted by Gasteiger charge is -2.13. The Morgan fingerprint density at radius 1 is 1.69 bits per heavy atom. The van der Waals surface area contributed by atoms with Crippen LogP contribution in [-0.2, 0) is 16.1 Å². The van der Waals surface area contributed by atoms with Gasteiger partial charge in [0.05, 0.1) is 32.7 Å². The van der Waals surface area contributed by atoms with Crippen molar-refractivity contribution in [1.29, 1.82) is 0 Å². The van der Waals surface area contributed by atoms with Crippen molar-refractivity contribution in [3.8, 4) is 5.75 Å². The maximum absolute atomic E-state index is 11.3. The molecule has 1 heterocycles. The van der Waals surface area contributed by atoms with Crippen LogP contribution in [0.5, 0.6) is 5.75 Å². The molecule has 0 aliphatic heterocycles. The number of esters is 1. The van der Waals surface area contributed by atoms with Gasteiger partial charge in [-0.3, -0.25) is 9.48 Å². The Labute approximate surface area is 94.5 Å². The summed E-state index contributed by atoms with van der Waals surface area (Å²) in [5, 5.41) is 6.95. The number of methoxy groups -OCH3 is 1. The molecule has 0 amide bonds. The first-order valence-corrected chi connectivity index (χ1v) is 5.11. The van der Waals surface area contributed by atoms with Crippen LogP contribution in [0.2, 0.25) is 0 Å². The van der Waals surface area contributed by atoms with Crippen molar-refractivity contribution in [3.63, 3.8) is 0 Å². The van der Waals surface area contributed by atoms with Crippen molar-refractivity contribution in [2.45, 2.75) is 19.5 Å². The lowest BCUT2D eigenvalue weighted by atomic mass is 10.3. The minimum Gasteiger partial charge on any atom is -0.491 e. The zero-order chi connectivity index (χ0) is 12.0. The Morgan fingerprint density at radius 3 is 3.00 bits per heavy atom. The molecule has 1 aromatic heterocycles. The van der Waals surface area contributed by atoms with Gasteiger partial charge in [0.15, 0.2) is 5.75 Å². The van der Waals surface area contributed by atoms with Gasteiger partial charge in [-0.25, -0.2) is 0 Å². The fourth-order valence-electron chi connectivity index (χ4n) is 1.30. The van der Waals surface area contributed by atoms with E-state index in [2.05, 4.69) is 15.2 Å². The van der Waals surface area contributed by atoms with Crippen LogP contribution in [0.15, 0.2) is 12.4 Å². The molecule has 1 N–H and O–H groups in total. The maximum Gasteiger partial charge on any atom is 0.324 e. The Bertz CT molecular complexity index is 338. The van der Waals surface area contributed by atoms with E-state index >= 15 is 0 Å². The molecule has 0 bridgehead atoms. The maximum atomic E-state index is 11.3. The summed E-state index contributed by atoms with van der Waals surface area (Å²) in [5.41, 5.74) is 0. The predicted octanol–water partition coefficient (Wildman–Crippen LogP) is 0.0428. The highest BCUT2D eigenvalue weighted by atomic mass is 16.5. The summed E-state index contributed by atoms with van der Waals surface area (Å²) in [6.07, 6.45) is 3.37. The van der Waals surface area contributed by atoms with E-state index in [-0.39, 0.29) is 5.97 Å². The predicted molar refractivity (Wildman–Crippen MR) is 58.3 cm³/mol. The van der Waals surface area contributed by atoms with E-state index in [0.717, 1.165) is 0 Å². The molecule has 0 saturated carbocycles. The molecule has 6 nitrogen and oxygen atoms in total. The zero-order valence-corrected chi connectivity index (χ0v) is 9.77. The van der Waals surface area contributed by atoms with E-state index in [0.29, 0.717) is 18.9 Å². The number of aromatic nitrogens is 2. The number of hydrogen-bond donors (Lipinski definition) is 1. The third kappa shape index (κ3) is 3.23. The summed E-state index contributed by atoms with van der Waals surface area (Å²) in [6, 6.07) is -0.403. The Morgan fingerprint density at radius 2 is 2.44 bits per heavy atom. The number of rotatable bonds is 6. The van der Waals surface area contributed by atoms with Gasteiger partial charge in [0.1, 0.15) is 6.04 Å². The lowest BCUT2D eigenvalue weighted by Crippen LogP contribution is -2.38. The molecule has 0 radical (unpaired) electrons. The molecule has 1 rings (SSSR count). The van der Waals surface area contributed by atoms with Crippen LogP contribution < -0.4 is 10.1 Å². The van der Waals surface area contributed by atoms with Crippen molar-refractivity contribution in [1.82, 2.24) is 15.1 Å². The van der Waals surface area contributed by atoms with Crippen molar-refractivity contribution in [2.75, 3.05) is 20.8 Å². The minimum atomic E-state index is -0.403. The Hall–Kier alpha value is -1.56. The molecule has 90 valence electrons. The van der Waals surface area contributed by atoms with Gasteiger partial charge in [0, 0.05) is 0 Å². The second-order valence-corrected chi connectivity index (χ2v) is 3.20. The number of nitrogens with one attached hydrogen (secondary N) is 1. The van der Waals surface area contributed by atoms with Crippen LogP contribution in [0.1, 0.15) is 6.92 Å². The molecule has 1 aromatic rings. The standard InChI is InChI=1S/C10H17N3O3/c1-4-16-8-5-12-13(6-8)7-9(11-2)10(14)15-3/h5-6,9,11H,4,7H2,1-3H3. The number of ether oxygens (including phenoxy) is 2. The fourth-order valence-corrected chi connectivity index (χ4v) is 1.30. The van der Waals surface area contributed by atoms with Crippen LogP contribution in [0.3, 0.4) is 0 Å². The van der Waals surface area contributed by atoms with Gasteiger partial charge < -0.3 is 14.8 Å². The molecule has 0 spiro atoms. The molecular weight excluding hydrogens is 210 g/mol. The summed E-state index contributed by atoms with van der Waals surface area (Å²) in [6.45, 7) is 2.91. The van der Waals surface area contributed by atoms with Crippen LogP contribution in [0.4, 0.5) is 0 Å². The number of carbonyl (C=O) groups excluding carboxylic acids is 1. The van der Waals surface area contributed by atoms with Crippen molar-refractivity contribution in [3.05, 3.63) is 12.4 Å². The number of likely N-dealkylation sites (N-methyl/N-ethyl adjacent to an activating group) is 1. The summed E-state index contributed by atoms with van der Waals surface area (Å²) in [5.74, 6) is 0.387. The minimum absolute atomic E-state index is 0.309. The van der Waals surface area contributed by atoms with Crippen molar-refractivity contribution < 1.29 is 14.3 Å². The first-order valence-electron chi connectivity index (χ1n) is 5.11. The summed E-state index contributed by atoms with van der Waals surface area (Å²) >= 11 is 0. The zero-order valence-electron chi connectivity index (χ0n) is 9.77. The lowest BCUT2D eigenvalue weighted by molar-refractivity contribution is -0.143. The van der Waals surface area contributed by atoms with Crippen LogP contribution in [0, 0.1) is 0 Å². The van der Waals surface area contributed by atoms with Gasteiger partial charge >= 0.3 is 5.97 Å². The highest BCUT2D eigenvalue weighted by Crippen LogP contribution is 2.08. The summed E-state index contributed by atoms with van der Waals surface area (Å²) in [4.78, 5) is 11.3. The van der Waals surface area contributed by atoms with Gasteiger partial charge in [-0.1, -0.05) is 0 Å². The quantitative estimate of drug-likeness (QED) is 0.695. The van der Waals surface area contributed by atoms with Crippen molar-refractivity contribution in [2.24, 2.45) is 0 Å². The Kier molecular flexibility index (Phi) is 4.78. The molecule has 16 heavy (non-hydrogen) atoms. The van der Waals surface area contributed by atoms with E-state index in [9.17, 15) is 4.79 Å². The van der Waals surface area contributed by atoms with E-state index in [1.807, 2.05) is 6.92 Å². The monoisotopic (exact) mass is 227 g/mol. The molecule has 0 aliphatic carbocycles. The molecule has 0 saturated heterocycles. The fraction of sp³-hybridized carbons (Fsp3) is 0.600. The molecule has 6 heteroatoms. The third-order valence-corrected chi connectivity index (χ3v) is 2.12. The van der Waals surface area contributed by atoms with E-state index in [4.69, 9.17) is 4.74 Å². The SMILES string of the molecule is CCOc1cnn(CC(NC)C(=O)OC)c1. The van der Waals surface area contributed by atoms with Gasteiger partial charge in [-0.15, -0.1) is 0 Å². The molecule has 1 unspecified atom stereocenters.